The standard InChI is InChI=1S/C28H23ClN2O4/c1-18-6-5-8-21(16-18)28(33)35-26-15-10-20-7-3-4-9-24(20)25(26)17-30-31-27(32)19(2)34-23-13-11-22(29)12-14-23/h3-17,19H,1-2H3,(H,31,32). The molecule has 4 aromatic rings. The Morgan fingerprint density at radius 1 is 0.971 bits per heavy atom. The minimum Gasteiger partial charge on any atom is -0.481 e. The first-order valence-corrected chi connectivity index (χ1v) is 11.3. The number of hydrogen-bond acceptors (Lipinski definition) is 5. The summed E-state index contributed by atoms with van der Waals surface area (Å²) in [5.41, 5.74) is 4.45. The fourth-order valence-corrected chi connectivity index (χ4v) is 3.58. The lowest BCUT2D eigenvalue weighted by molar-refractivity contribution is -0.127. The number of rotatable bonds is 7. The summed E-state index contributed by atoms with van der Waals surface area (Å²) in [4.78, 5) is 25.2. The second-order valence-electron chi connectivity index (χ2n) is 7.91. The number of nitrogens with zero attached hydrogens (tertiary/aromatic N) is 1. The molecule has 0 aliphatic carbocycles. The maximum absolute atomic E-state index is 12.8. The van der Waals surface area contributed by atoms with Gasteiger partial charge in [-0.15, -0.1) is 0 Å². The molecular weight excluding hydrogens is 464 g/mol. The Bertz CT molecular complexity index is 1400. The summed E-state index contributed by atoms with van der Waals surface area (Å²) in [7, 11) is 0. The quantitative estimate of drug-likeness (QED) is 0.152. The van der Waals surface area contributed by atoms with Gasteiger partial charge in [-0.3, -0.25) is 4.79 Å². The molecule has 4 aromatic carbocycles. The van der Waals surface area contributed by atoms with Gasteiger partial charge in [0.25, 0.3) is 5.91 Å². The summed E-state index contributed by atoms with van der Waals surface area (Å²) in [6, 6.07) is 25.1. The zero-order valence-corrected chi connectivity index (χ0v) is 20.0. The van der Waals surface area contributed by atoms with E-state index < -0.39 is 18.0 Å². The van der Waals surface area contributed by atoms with Crippen LogP contribution in [0.15, 0.2) is 90.0 Å². The molecule has 7 heteroatoms. The van der Waals surface area contributed by atoms with E-state index in [1.807, 2.05) is 43.3 Å². The van der Waals surface area contributed by atoms with Crippen molar-refractivity contribution in [3.05, 3.63) is 107 Å². The van der Waals surface area contributed by atoms with Crippen LogP contribution in [0.5, 0.6) is 11.5 Å². The first-order valence-electron chi connectivity index (χ1n) is 11.0. The van der Waals surface area contributed by atoms with Crippen LogP contribution in [-0.2, 0) is 4.79 Å². The van der Waals surface area contributed by atoms with Crippen molar-refractivity contribution in [1.29, 1.82) is 0 Å². The van der Waals surface area contributed by atoms with E-state index in [0.717, 1.165) is 16.3 Å². The number of nitrogens with one attached hydrogen (secondary N) is 1. The van der Waals surface area contributed by atoms with Gasteiger partial charge in [-0.25, -0.2) is 10.2 Å². The highest BCUT2D eigenvalue weighted by Crippen LogP contribution is 2.27. The van der Waals surface area contributed by atoms with Gasteiger partial charge >= 0.3 is 5.97 Å². The molecule has 0 spiro atoms. The van der Waals surface area contributed by atoms with Gasteiger partial charge in [0.05, 0.1) is 11.8 Å². The van der Waals surface area contributed by atoms with Crippen molar-refractivity contribution < 1.29 is 19.1 Å². The van der Waals surface area contributed by atoms with E-state index in [0.29, 0.717) is 27.6 Å². The Labute approximate surface area is 208 Å². The van der Waals surface area contributed by atoms with Crippen molar-refractivity contribution in [2.75, 3.05) is 0 Å². The fourth-order valence-electron chi connectivity index (χ4n) is 3.45. The van der Waals surface area contributed by atoms with Crippen LogP contribution in [0.2, 0.25) is 5.02 Å². The third-order valence-electron chi connectivity index (χ3n) is 5.25. The van der Waals surface area contributed by atoms with E-state index >= 15 is 0 Å². The van der Waals surface area contributed by atoms with Crippen molar-refractivity contribution in [3.63, 3.8) is 0 Å². The molecule has 0 fully saturated rings. The second-order valence-corrected chi connectivity index (χ2v) is 8.34. The highest BCUT2D eigenvalue weighted by molar-refractivity contribution is 6.30. The number of hydrogen-bond donors (Lipinski definition) is 1. The summed E-state index contributed by atoms with van der Waals surface area (Å²) in [6.07, 6.45) is 0.674. The van der Waals surface area contributed by atoms with Gasteiger partial charge in [0.1, 0.15) is 11.5 Å². The van der Waals surface area contributed by atoms with Gasteiger partial charge in [-0.1, -0.05) is 59.6 Å². The van der Waals surface area contributed by atoms with E-state index in [4.69, 9.17) is 21.1 Å². The Balaban J connectivity index is 1.53. The molecule has 4 rings (SSSR count). The molecule has 1 unspecified atom stereocenters. The first-order chi connectivity index (χ1) is 16.9. The molecule has 1 N–H and O–H groups in total. The molecule has 1 atom stereocenters. The minimum absolute atomic E-state index is 0.332. The highest BCUT2D eigenvalue weighted by atomic mass is 35.5. The molecule has 176 valence electrons. The number of hydrazone groups is 1. The molecule has 0 aromatic heterocycles. The Morgan fingerprint density at radius 3 is 2.51 bits per heavy atom. The van der Waals surface area contributed by atoms with Crippen molar-refractivity contribution in [3.8, 4) is 11.5 Å². The molecule has 0 saturated heterocycles. The number of esters is 1. The number of carbonyl (C=O) groups excluding carboxylic acids is 2. The highest BCUT2D eigenvalue weighted by Gasteiger charge is 2.16. The van der Waals surface area contributed by atoms with Gasteiger partial charge < -0.3 is 9.47 Å². The zero-order valence-electron chi connectivity index (χ0n) is 19.2. The second kappa shape index (κ2) is 10.8. The van der Waals surface area contributed by atoms with E-state index in [-0.39, 0.29) is 0 Å². The Kier molecular flexibility index (Phi) is 7.43. The molecule has 35 heavy (non-hydrogen) atoms. The molecule has 1 amide bonds. The van der Waals surface area contributed by atoms with Crippen LogP contribution in [0, 0.1) is 6.92 Å². The maximum atomic E-state index is 12.8. The zero-order chi connectivity index (χ0) is 24.8. The molecule has 6 nitrogen and oxygen atoms in total. The Morgan fingerprint density at radius 2 is 1.74 bits per heavy atom. The molecule has 0 saturated carbocycles. The van der Waals surface area contributed by atoms with Crippen molar-refractivity contribution in [2.24, 2.45) is 5.10 Å². The summed E-state index contributed by atoms with van der Waals surface area (Å²) in [5, 5.41) is 6.45. The van der Waals surface area contributed by atoms with E-state index in [1.54, 1.807) is 55.5 Å². The van der Waals surface area contributed by atoms with Gasteiger partial charge in [-0.05, 0) is 67.1 Å². The van der Waals surface area contributed by atoms with Crippen LogP contribution in [0.1, 0.15) is 28.4 Å². The monoisotopic (exact) mass is 486 g/mol. The summed E-state index contributed by atoms with van der Waals surface area (Å²) in [6.45, 7) is 3.53. The maximum Gasteiger partial charge on any atom is 0.343 e. The lowest BCUT2D eigenvalue weighted by Crippen LogP contribution is -2.33. The largest absolute Gasteiger partial charge is 0.481 e. The minimum atomic E-state index is -0.792. The van der Waals surface area contributed by atoms with E-state index in [9.17, 15) is 9.59 Å². The van der Waals surface area contributed by atoms with Crippen LogP contribution >= 0.6 is 11.6 Å². The SMILES string of the molecule is Cc1cccc(C(=O)Oc2ccc3ccccc3c2C=NNC(=O)C(C)Oc2ccc(Cl)cc2)c1. The van der Waals surface area contributed by atoms with Crippen molar-refractivity contribution >= 4 is 40.5 Å². The van der Waals surface area contributed by atoms with Gasteiger partial charge in [0.2, 0.25) is 0 Å². The average molecular weight is 487 g/mol. The van der Waals surface area contributed by atoms with Crippen LogP contribution in [-0.4, -0.2) is 24.2 Å². The van der Waals surface area contributed by atoms with Crippen LogP contribution in [0.3, 0.4) is 0 Å². The predicted octanol–water partition coefficient (Wildman–Crippen LogP) is 5.94. The number of benzene rings is 4. The van der Waals surface area contributed by atoms with Gasteiger partial charge in [-0.2, -0.15) is 5.10 Å². The topological polar surface area (TPSA) is 77.0 Å². The van der Waals surface area contributed by atoms with Gasteiger partial charge in [0, 0.05) is 10.6 Å². The Hall–Kier alpha value is -4.16. The molecule has 0 aliphatic rings. The van der Waals surface area contributed by atoms with E-state index in [1.165, 1.54) is 6.21 Å². The molecule has 0 radical (unpaired) electrons. The third kappa shape index (κ3) is 6.05. The van der Waals surface area contributed by atoms with Crippen molar-refractivity contribution in [1.82, 2.24) is 5.43 Å². The van der Waals surface area contributed by atoms with Crippen LogP contribution in [0.25, 0.3) is 10.8 Å². The number of aryl methyl sites for hydroxylation is 1. The van der Waals surface area contributed by atoms with Crippen LogP contribution in [0.4, 0.5) is 0 Å². The molecular formula is C28H23ClN2O4. The van der Waals surface area contributed by atoms with Gasteiger partial charge in [0.15, 0.2) is 6.10 Å². The number of ether oxygens (including phenoxy) is 2. The summed E-state index contributed by atoms with van der Waals surface area (Å²) in [5.74, 6) is -0.0681. The van der Waals surface area contributed by atoms with Crippen LogP contribution < -0.4 is 14.9 Å². The van der Waals surface area contributed by atoms with Crippen molar-refractivity contribution in [2.45, 2.75) is 20.0 Å². The fraction of sp³-hybridized carbons (Fsp3) is 0.107. The predicted molar refractivity (Wildman–Crippen MR) is 137 cm³/mol. The lowest BCUT2D eigenvalue weighted by Gasteiger charge is -2.13. The van der Waals surface area contributed by atoms with E-state index in [2.05, 4.69) is 10.5 Å². The summed E-state index contributed by atoms with van der Waals surface area (Å²) >= 11 is 5.88. The molecule has 0 bridgehead atoms. The normalized spacial score (nSPS) is 11.9. The third-order valence-corrected chi connectivity index (χ3v) is 5.50. The molecule has 0 heterocycles. The summed E-state index contributed by atoms with van der Waals surface area (Å²) < 4.78 is 11.3. The number of amides is 1. The average Bonchev–Trinajstić information content (AvgIpc) is 2.86. The lowest BCUT2D eigenvalue weighted by atomic mass is 10.0. The number of fused-ring (bicyclic) bond motifs is 1. The number of carbonyl (C=O) groups is 2. The number of halogens is 1. The molecule has 0 aliphatic heterocycles. The smallest absolute Gasteiger partial charge is 0.343 e. The first kappa shape index (κ1) is 24.0.